The van der Waals surface area contributed by atoms with E-state index in [-0.39, 0.29) is 0 Å². The van der Waals surface area contributed by atoms with E-state index in [1.54, 1.807) is 0 Å². The molecule has 0 aliphatic carbocycles. The van der Waals surface area contributed by atoms with E-state index in [0.29, 0.717) is 11.2 Å². The van der Waals surface area contributed by atoms with E-state index in [4.69, 9.17) is 0 Å². The molecule has 3 unspecified atom stereocenters. The van der Waals surface area contributed by atoms with Crippen LogP contribution in [0.5, 0.6) is 0 Å². The van der Waals surface area contributed by atoms with Gasteiger partial charge in [0.15, 0.2) is 0 Å². The second-order valence-corrected chi connectivity index (χ2v) is 4.29. The summed E-state index contributed by atoms with van der Waals surface area (Å²) in [5.74, 6) is 0.618. The first kappa shape index (κ1) is 7.22. The molecule has 0 amide bonds. The molecule has 1 rings (SSSR count). The monoisotopic (exact) mass is 147 g/mol. The molecule has 3 heteroatoms. The van der Waals surface area contributed by atoms with Crippen LogP contribution in [-0.2, 0) is 11.0 Å². The molecule has 2 nitrogen and oxygen atoms in total. The SMILES string of the molecule is CC1CCNS(=O)C1C. The van der Waals surface area contributed by atoms with Gasteiger partial charge in [-0.1, -0.05) is 6.92 Å². The number of hydrogen-bond acceptors (Lipinski definition) is 1. The maximum atomic E-state index is 11.0. The molecule has 0 aromatic rings. The predicted molar refractivity (Wildman–Crippen MR) is 39.4 cm³/mol. The Morgan fingerprint density at radius 1 is 1.56 bits per heavy atom. The summed E-state index contributed by atoms with van der Waals surface area (Å²) in [7, 11) is -0.765. The summed E-state index contributed by atoms with van der Waals surface area (Å²) in [6.45, 7) is 5.11. The average molecular weight is 147 g/mol. The topological polar surface area (TPSA) is 29.1 Å². The van der Waals surface area contributed by atoms with Crippen molar-refractivity contribution < 1.29 is 4.21 Å². The lowest BCUT2D eigenvalue weighted by atomic mass is 10.1. The first-order chi connectivity index (χ1) is 4.22. The van der Waals surface area contributed by atoms with Gasteiger partial charge in [0.2, 0.25) is 0 Å². The Hall–Kier alpha value is 0.110. The number of rotatable bonds is 0. The molecule has 54 valence electrons. The van der Waals surface area contributed by atoms with Crippen molar-refractivity contribution in [1.29, 1.82) is 0 Å². The van der Waals surface area contributed by atoms with Gasteiger partial charge >= 0.3 is 0 Å². The molecule has 1 saturated heterocycles. The fourth-order valence-corrected chi connectivity index (χ4v) is 2.10. The molecule has 0 bridgehead atoms. The molecular weight excluding hydrogens is 134 g/mol. The Balaban J connectivity index is 2.51. The van der Waals surface area contributed by atoms with E-state index in [0.717, 1.165) is 13.0 Å². The van der Waals surface area contributed by atoms with Crippen LogP contribution in [0.15, 0.2) is 0 Å². The molecule has 0 spiro atoms. The fourth-order valence-electron chi connectivity index (χ4n) is 0.964. The van der Waals surface area contributed by atoms with E-state index in [1.807, 2.05) is 6.92 Å². The summed E-state index contributed by atoms with van der Waals surface area (Å²) < 4.78 is 13.9. The van der Waals surface area contributed by atoms with Gasteiger partial charge in [-0.15, -0.1) is 0 Å². The Bertz CT molecular complexity index is 126. The highest BCUT2D eigenvalue weighted by Crippen LogP contribution is 2.15. The zero-order valence-electron chi connectivity index (χ0n) is 5.89. The van der Waals surface area contributed by atoms with Gasteiger partial charge in [0.1, 0.15) is 0 Å². The minimum atomic E-state index is -0.765. The van der Waals surface area contributed by atoms with Crippen molar-refractivity contribution in [3.05, 3.63) is 0 Å². The predicted octanol–water partition coefficient (Wildman–Crippen LogP) is 0.668. The van der Waals surface area contributed by atoms with Crippen LogP contribution in [0.2, 0.25) is 0 Å². The third-order valence-corrected chi connectivity index (χ3v) is 3.61. The van der Waals surface area contributed by atoms with Gasteiger partial charge in [0, 0.05) is 11.8 Å². The van der Waals surface area contributed by atoms with Crippen molar-refractivity contribution in [3.8, 4) is 0 Å². The lowest BCUT2D eigenvalue weighted by molar-refractivity contribution is 0.485. The van der Waals surface area contributed by atoms with Crippen molar-refractivity contribution in [2.75, 3.05) is 6.54 Å². The highest BCUT2D eigenvalue weighted by molar-refractivity contribution is 7.83. The van der Waals surface area contributed by atoms with Gasteiger partial charge in [-0.3, -0.25) is 0 Å². The lowest BCUT2D eigenvalue weighted by Gasteiger charge is -2.24. The highest BCUT2D eigenvalue weighted by Gasteiger charge is 2.22. The second-order valence-electron chi connectivity index (χ2n) is 2.66. The van der Waals surface area contributed by atoms with Crippen LogP contribution in [0.3, 0.4) is 0 Å². The summed E-state index contributed by atoms with van der Waals surface area (Å²) in [6, 6.07) is 0. The molecule has 3 atom stereocenters. The smallest absolute Gasteiger partial charge is 0.0946 e. The summed E-state index contributed by atoms with van der Waals surface area (Å²) in [5, 5.41) is 0.332. The maximum Gasteiger partial charge on any atom is 0.0946 e. The second kappa shape index (κ2) is 2.80. The standard InChI is InChI=1S/C6H13NOS/c1-5-3-4-7-9(8)6(5)2/h5-7H,3-4H2,1-2H3. The van der Waals surface area contributed by atoms with Gasteiger partial charge < -0.3 is 0 Å². The van der Waals surface area contributed by atoms with Crippen molar-refractivity contribution in [1.82, 2.24) is 4.72 Å². The molecule has 1 fully saturated rings. The van der Waals surface area contributed by atoms with Gasteiger partial charge in [0.25, 0.3) is 0 Å². The molecule has 1 N–H and O–H groups in total. The van der Waals surface area contributed by atoms with E-state index < -0.39 is 11.0 Å². The zero-order valence-corrected chi connectivity index (χ0v) is 6.70. The Morgan fingerprint density at radius 3 is 2.67 bits per heavy atom. The molecule has 0 saturated carbocycles. The third-order valence-electron chi connectivity index (χ3n) is 1.98. The van der Waals surface area contributed by atoms with E-state index in [9.17, 15) is 4.21 Å². The minimum absolute atomic E-state index is 0.332. The van der Waals surface area contributed by atoms with Crippen LogP contribution in [0.25, 0.3) is 0 Å². The normalized spacial score (nSPS) is 44.9. The van der Waals surface area contributed by atoms with Gasteiger partial charge in [-0.05, 0) is 19.3 Å². The summed E-state index contributed by atoms with van der Waals surface area (Å²) in [5.41, 5.74) is 0. The number of nitrogens with one attached hydrogen (secondary N) is 1. The Morgan fingerprint density at radius 2 is 2.22 bits per heavy atom. The Labute approximate surface area is 58.6 Å². The fraction of sp³-hybridized carbons (Fsp3) is 1.00. The van der Waals surface area contributed by atoms with Crippen LogP contribution in [0.1, 0.15) is 20.3 Å². The van der Waals surface area contributed by atoms with Crippen LogP contribution in [-0.4, -0.2) is 16.0 Å². The van der Waals surface area contributed by atoms with Crippen LogP contribution in [0.4, 0.5) is 0 Å². The van der Waals surface area contributed by atoms with Gasteiger partial charge in [-0.25, -0.2) is 8.93 Å². The molecule has 1 aliphatic heterocycles. The van der Waals surface area contributed by atoms with E-state index in [2.05, 4.69) is 11.6 Å². The molecule has 0 aromatic heterocycles. The van der Waals surface area contributed by atoms with Crippen molar-refractivity contribution in [2.24, 2.45) is 5.92 Å². The zero-order chi connectivity index (χ0) is 6.85. The van der Waals surface area contributed by atoms with Crippen molar-refractivity contribution in [2.45, 2.75) is 25.5 Å². The van der Waals surface area contributed by atoms with Crippen molar-refractivity contribution in [3.63, 3.8) is 0 Å². The van der Waals surface area contributed by atoms with Crippen LogP contribution in [0, 0.1) is 5.92 Å². The largest absolute Gasteiger partial charge is 0.243 e. The molecule has 0 radical (unpaired) electrons. The summed E-state index contributed by atoms with van der Waals surface area (Å²) in [6.07, 6.45) is 1.16. The molecular formula is C6H13NOS. The van der Waals surface area contributed by atoms with E-state index >= 15 is 0 Å². The first-order valence-electron chi connectivity index (χ1n) is 3.36. The lowest BCUT2D eigenvalue weighted by Crippen LogP contribution is -2.38. The highest BCUT2D eigenvalue weighted by atomic mass is 32.2. The molecule has 0 aromatic carbocycles. The average Bonchev–Trinajstić information content (AvgIpc) is 1.83. The summed E-state index contributed by atoms with van der Waals surface area (Å²) >= 11 is 0. The van der Waals surface area contributed by atoms with Crippen molar-refractivity contribution >= 4 is 11.0 Å². The third kappa shape index (κ3) is 1.52. The van der Waals surface area contributed by atoms with Gasteiger partial charge in [-0.2, -0.15) is 0 Å². The van der Waals surface area contributed by atoms with Crippen LogP contribution < -0.4 is 4.72 Å². The summed E-state index contributed by atoms with van der Waals surface area (Å²) in [4.78, 5) is 0. The molecule has 9 heavy (non-hydrogen) atoms. The van der Waals surface area contributed by atoms with Gasteiger partial charge in [0.05, 0.1) is 11.0 Å². The number of hydrogen-bond donors (Lipinski definition) is 1. The van der Waals surface area contributed by atoms with Crippen LogP contribution >= 0.6 is 0 Å². The maximum absolute atomic E-state index is 11.0. The molecule has 1 aliphatic rings. The quantitative estimate of drug-likeness (QED) is 0.536. The first-order valence-corrected chi connectivity index (χ1v) is 4.57. The van der Waals surface area contributed by atoms with E-state index in [1.165, 1.54) is 0 Å². The molecule has 1 heterocycles. The Kier molecular flexibility index (Phi) is 2.24. The minimum Gasteiger partial charge on any atom is -0.243 e.